The Bertz CT molecular complexity index is 623. The quantitative estimate of drug-likeness (QED) is 0.823. The van der Waals surface area contributed by atoms with Crippen molar-refractivity contribution in [2.75, 3.05) is 29.9 Å². The smallest absolute Gasteiger partial charge is 0.226 e. The van der Waals surface area contributed by atoms with Crippen LogP contribution in [-0.4, -0.2) is 40.8 Å². The highest BCUT2D eigenvalue weighted by Crippen LogP contribution is 2.37. The molecule has 3 rings (SSSR count). The Kier molecular flexibility index (Phi) is 4.26. The van der Waals surface area contributed by atoms with Gasteiger partial charge in [-0.15, -0.1) is 11.3 Å². The molecule has 0 bridgehead atoms. The van der Waals surface area contributed by atoms with Crippen LogP contribution in [0.15, 0.2) is 6.07 Å². The van der Waals surface area contributed by atoms with Crippen molar-refractivity contribution < 1.29 is 5.11 Å². The Labute approximate surface area is 129 Å². The zero-order valence-corrected chi connectivity index (χ0v) is 13.4. The van der Waals surface area contributed by atoms with E-state index in [1.54, 1.807) is 11.3 Å². The van der Waals surface area contributed by atoms with Crippen molar-refractivity contribution in [1.82, 2.24) is 9.97 Å². The third-order valence-electron chi connectivity index (χ3n) is 3.63. The molecule has 21 heavy (non-hydrogen) atoms. The van der Waals surface area contributed by atoms with Crippen molar-refractivity contribution in [1.29, 1.82) is 0 Å². The molecule has 1 aliphatic rings. The lowest BCUT2D eigenvalue weighted by molar-refractivity contribution is 0.301. The molecule has 0 amide bonds. The number of aliphatic hydroxyl groups is 1. The molecule has 0 aromatic carbocycles. The zero-order valence-electron chi connectivity index (χ0n) is 12.6. The summed E-state index contributed by atoms with van der Waals surface area (Å²) in [6.07, 6.45) is 3.42. The molecule has 2 N–H and O–H groups in total. The molecule has 0 saturated heterocycles. The van der Waals surface area contributed by atoms with Gasteiger partial charge in [0.1, 0.15) is 10.6 Å². The zero-order chi connectivity index (χ0) is 14.8. The van der Waals surface area contributed by atoms with Gasteiger partial charge >= 0.3 is 0 Å². The minimum absolute atomic E-state index is 0.156. The van der Waals surface area contributed by atoms with Crippen LogP contribution in [0.2, 0.25) is 0 Å². The van der Waals surface area contributed by atoms with Crippen LogP contribution in [-0.2, 0) is 0 Å². The van der Waals surface area contributed by atoms with Crippen LogP contribution in [0.1, 0.15) is 31.1 Å². The minimum Gasteiger partial charge on any atom is -0.395 e. The van der Waals surface area contributed by atoms with Crippen LogP contribution in [0, 0.1) is 6.92 Å². The number of thiophene rings is 1. The first kappa shape index (κ1) is 14.5. The molecule has 5 nitrogen and oxygen atoms in total. The van der Waals surface area contributed by atoms with Crippen LogP contribution in [0.4, 0.5) is 11.8 Å². The van der Waals surface area contributed by atoms with Crippen LogP contribution in [0.5, 0.6) is 0 Å². The summed E-state index contributed by atoms with van der Waals surface area (Å²) in [7, 11) is 0. The largest absolute Gasteiger partial charge is 0.395 e. The number of hydrogen-bond acceptors (Lipinski definition) is 6. The second kappa shape index (κ2) is 6.15. The fraction of sp³-hybridized carbons (Fsp3) is 0.600. The lowest BCUT2D eigenvalue weighted by atomic mass is 10.3. The second-order valence-corrected chi connectivity index (χ2v) is 6.76. The fourth-order valence-corrected chi connectivity index (χ4v) is 3.39. The Morgan fingerprint density at radius 3 is 2.90 bits per heavy atom. The molecule has 2 aromatic rings. The van der Waals surface area contributed by atoms with E-state index in [1.165, 1.54) is 17.7 Å². The van der Waals surface area contributed by atoms with Crippen LogP contribution >= 0.6 is 11.3 Å². The molecular formula is C15H22N4OS. The standard InChI is InChI=1S/C15H22N4OS/c1-3-6-16-15-17-13(19(7-8-20)11-4-5-11)12-9-10(2)21-14(12)18-15/h9,11,20H,3-8H2,1-2H3,(H,16,17,18). The topological polar surface area (TPSA) is 61.3 Å². The normalized spacial score (nSPS) is 14.6. The van der Waals surface area contributed by atoms with Crippen LogP contribution in [0.25, 0.3) is 10.2 Å². The highest BCUT2D eigenvalue weighted by molar-refractivity contribution is 7.18. The summed E-state index contributed by atoms with van der Waals surface area (Å²) in [5.41, 5.74) is 0. The van der Waals surface area contributed by atoms with Crippen LogP contribution < -0.4 is 10.2 Å². The molecule has 114 valence electrons. The molecule has 0 spiro atoms. The molecule has 0 aliphatic heterocycles. The van der Waals surface area contributed by atoms with Gasteiger partial charge in [0.05, 0.1) is 12.0 Å². The Morgan fingerprint density at radius 1 is 1.43 bits per heavy atom. The predicted octanol–water partition coefficient (Wildman–Crippen LogP) is 2.78. The van der Waals surface area contributed by atoms with Crippen molar-refractivity contribution in [3.05, 3.63) is 10.9 Å². The first-order valence-electron chi connectivity index (χ1n) is 7.62. The average molecular weight is 306 g/mol. The third-order valence-corrected chi connectivity index (χ3v) is 4.57. The second-order valence-electron chi connectivity index (χ2n) is 5.52. The van der Waals surface area contributed by atoms with Gasteiger partial charge in [-0.3, -0.25) is 0 Å². The summed E-state index contributed by atoms with van der Waals surface area (Å²) in [6.45, 7) is 5.90. The number of aryl methyl sites for hydroxylation is 1. The van der Waals surface area contributed by atoms with Crippen molar-refractivity contribution in [2.45, 2.75) is 39.2 Å². The van der Waals surface area contributed by atoms with Gasteiger partial charge in [-0.05, 0) is 32.3 Å². The molecule has 6 heteroatoms. The number of aliphatic hydroxyl groups excluding tert-OH is 1. The highest BCUT2D eigenvalue weighted by atomic mass is 32.1. The predicted molar refractivity (Wildman–Crippen MR) is 88.4 cm³/mol. The molecule has 2 heterocycles. The monoisotopic (exact) mass is 306 g/mol. The van der Waals surface area contributed by atoms with Gasteiger partial charge in [-0.25, -0.2) is 4.98 Å². The van der Waals surface area contributed by atoms with Gasteiger partial charge in [-0.1, -0.05) is 6.92 Å². The van der Waals surface area contributed by atoms with E-state index < -0.39 is 0 Å². The van der Waals surface area contributed by atoms with E-state index in [9.17, 15) is 5.11 Å². The number of nitrogens with one attached hydrogen (secondary N) is 1. The molecule has 1 saturated carbocycles. The summed E-state index contributed by atoms with van der Waals surface area (Å²) in [6, 6.07) is 2.68. The molecule has 1 fully saturated rings. The van der Waals surface area contributed by atoms with Crippen molar-refractivity contribution >= 4 is 33.3 Å². The Morgan fingerprint density at radius 2 is 2.24 bits per heavy atom. The van der Waals surface area contributed by atoms with Gasteiger partial charge in [0.15, 0.2) is 0 Å². The molecule has 0 unspecified atom stereocenters. The number of anilines is 2. The van der Waals surface area contributed by atoms with Crippen molar-refractivity contribution in [3.8, 4) is 0 Å². The van der Waals surface area contributed by atoms with Gasteiger partial charge in [0.2, 0.25) is 5.95 Å². The van der Waals surface area contributed by atoms with E-state index in [0.29, 0.717) is 18.5 Å². The summed E-state index contributed by atoms with van der Waals surface area (Å²) in [5, 5.41) is 13.8. The van der Waals surface area contributed by atoms with E-state index in [-0.39, 0.29) is 6.61 Å². The first-order valence-corrected chi connectivity index (χ1v) is 8.44. The Hall–Kier alpha value is -1.40. The third kappa shape index (κ3) is 3.11. The molecule has 0 atom stereocenters. The van der Waals surface area contributed by atoms with Gasteiger partial charge in [0, 0.05) is 24.0 Å². The van der Waals surface area contributed by atoms with E-state index in [0.717, 1.165) is 29.0 Å². The number of nitrogens with zero attached hydrogens (tertiary/aromatic N) is 3. The van der Waals surface area contributed by atoms with E-state index in [1.807, 2.05) is 0 Å². The average Bonchev–Trinajstić information content (AvgIpc) is 3.23. The fourth-order valence-electron chi connectivity index (χ4n) is 2.52. The van der Waals surface area contributed by atoms with Crippen molar-refractivity contribution in [2.24, 2.45) is 0 Å². The summed E-state index contributed by atoms with van der Waals surface area (Å²) in [4.78, 5) is 13.9. The minimum atomic E-state index is 0.156. The lowest BCUT2D eigenvalue weighted by Crippen LogP contribution is -2.30. The van der Waals surface area contributed by atoms with E-state index in [2.05, 4.69) is 35.1 Å². The molecular weight excluding hydrogens is 284 g/mol. The first-order chi connectivity index (χ1) is 10.2. The number of rotatable bonds is 7. The summed E-state index contributed by atoms with van der Waals surface area (Å²) in [5.74, 6) is 1.67. The maximum absolute atomic E-state index is 9.36. The summed E-state index contributed by atoms with van der Waals surface area (Å²) >= 11 is 1.70. The molecule has 1 aliphatic carbocycles. The van der Waals surface area contributed by atoms with Gasteiger partial charge in [0.25, 0.3) is 0 Å². The SMILES string of the molecule is CCCNc1nc(N(CCO)C2CC2)c2cc(C)sc2n1. The van der Waals surface area contributed by atoms with Gasteiger partial charge in [-0.2, -0.15) is 4.98 Å². The summed E-state index contributed by atoms with van der Waals surface area (Å²) < 4.78 is 0. The maximum Gasteiger partial charge on any atom is 0.226 e. The molecule has 0 radical (unpaired) electrons. The van der Waals surface area contributed by atoms with Crippen LogP contribution in [0.3, 0.4) is 0 Å². The number of hydrogen-bond donors (Lipinski definition) is 2. The number of fused-ring (bicyclic) bond motifs is 1. The van der Waals surface area contributed by atoms with E-state index in [4.69, 9.17) is 4.98 Å². The lowest BCUT2D eigenvalue weighted by Gasteiger charge is -2.23. The van der Waals surface area contributed by atoms with Gasteiger partial charge < -0.3 is 15.3 Å². The molecule has 2 aromatic heterocycles. The Balaban J connectivity index is 2.04. The number of aromatic nitrogens is 2. The highest BCUT2D eigenvalue weighted by Gasteiger charge is 2.31. The van der Waals surface area contributed by atoms with E-state index >= 15 is 0 Å². The maximum atomic E-state index is 9.36. The van der Waals surface area contributed by atoms with Crippen molar-refractivity contribution in [3.63, 3.8) is 0 Å².